The van der Waals surface area contributed by atoms with Crippen LogP contribution in [0.4, 0.5) is 4.79 Å². The molecular weight excluding hydrogens is 272 g/mol. The third-order valence-corrected chi connectivity index (χ3v) is 2.36. The van der Waals surface area contributed by atoms with Crippen molar-refractivity contribution in [2.75, 3.05) is 6.61 Å². The van der Waals surface area contributed by atoms with E-state index in [9.17, 15) is 9.59 Å². The Labute approximate surface area is 115 Å². The van der Waals surface area contributed by atoms with Crippen LogP contribution in [0.3, 0.4) is 0 Å². The third-order valence-electron chi connectivity index (χ3n) is 2.16. The number of rotatable bonds is 6. The number of hydrogen-bond acceptors (Lipinski definition) is 4. The number of aliphatic carboxylic acids is 1. The molecule has 0 saturated carbocycles. The first-order valence-electron chi connectivity index (χ1n) is 5.40. The molecule has 0 aliphatic rings. The minimum Gasteiger partial charge on any atom is -0.481 e. The third kappa shape index (κ3) is 5.39. The van der Waals surface area contributed by atoms with Gasteiger partial charge < -0.3 is 15.2 Å². The van der Waals surface area contributed by atoms with Crippen molar-refractivity contribution in [1.29, 1.82) is 0 Å². The number of ether oxygens (including phenoxy) is 1. The van der Waals surface area contributed by atoms with E-state index in [-0.39, 0.29) is 18.2 Å². The molecule has 7 heteroatoms. The molecule has 1 aromatic heterocycles. The van der Waals surface area contributed by atoms with Gasteiger partial charge in [-0.15, -0.1) is 0 Å². The van der Waals surface area contributed by atoms with Crippen LogP contribution in [0.25, 0.3) is 0 Å². The Morgan fingerprint density at radius 2 is 2.37 bits per heavy atom. The zero-order valence-electron chi connectivity index (χ0n) is 10.0. The number of pyridine rings is 1. The Morgan fingerprint density at radius 3 is 2.95 bits per heavy atom. The lowest BCUT2D eigenvalue weighted by atomic mass is 10.1. The predicted octanol–water partition coefficient (Wildman–Crippen LogP) is 2.16. The van der Waals surface area contributed by atoms with Gasteiger partial charge in [0.15, 0.2) is 0 Å². The van der Waals surface area contributed by atoms with Crippen molar-refractivity contribution in [1.82, 2.24) is 10.3 Å². The van der Waals surface area contributed by atoms with Gasteiger partial charge in [-0.05, 0) is 17.7 Å². The van der Waals surface area contributed by atoms with Crippen LogP contribution < -0.4 is 5.32 Å². The van der Waals surface area contributed by atoms with Crippen LogP contribution in [0, 0.1) is 0 Å². The number of amides is 1. The summed E-state index contributed by atoms with van der Waals surface area (Å²) in [5.41, 5.74) is 0.540. The average molecular weight is 285 g/mol. The predicted molar refractivity (Wildman–Crippen MR) is 68.9 cm³/mol. The molecule has 0 bridgehead atoms. The van der Waals surface area contributed by atoms with Crippen molar-refractivity contribution in [3.8, 4) is 0 Å². The van der Waals surface area contributed by atoms with Crippen molar-refractivity contribution in [3.05, 3.63) is 41.7 Å². The lowest BCUT2D eigenvalue weighted by molar-refractivity contribution is -0.137. The quantitative estimate of drug-likeness (QED) is 0.617. The molecule has 19 heavy (non-hydrogen) atoms. The van der Waals surface area contributed by atoms with Crippen molar-refractivity contribution >= 4 is 23.7 Å². The van der Waals surface area contributed by atoms with E-state index in [4.69, 9.17) is 21.4 Å². The molecule has 0 radical (unpaired) electrons. The molecule has 0 fully saturated rings. The van der Waals surface area contributed by atoms with Gasteiger partial charge in [0.05, 0.1) is 12.5 Å². The molecule has 1 heterocycles. The molecule has 2 N–H and O–H groups in total. The van der Waals surface area contributed by atoms with Crippen LogP contribution in [0.1, 0.15) is 18.0 Å². The SMILES string of the molecule is C=CCOC(=O)N[C@@H](CC(=O)O)c1ccnc(Cl)c1. The molecule has 1 rings (SSSR count). The molecular formula is C12H13ClN2O4. The smallest absolute Gasteiger partial charge is 0.407 e. The zero-order chi connectivity index (χ0) is 14.3. The number of carbonyl (C=O) groups excluding carboxylic acids is 1. The highest BCUT2D eigenvalue weighted by molar-refractivity contribution is 6.29. The van der Waals surface area contributed by atoms with Gasteiger partial charge in [0, 0.05) is 6.20 Å². The highest BCUT2D eigenvalue weighted by atomic mass is 35.5. The number of carboxylic acids is 1. The van der Waals surface area contributed by atoms with Gasteiger partial charge in [-0.1, -0.05) is 24.3 Å². The second kappa shape index (κ2) is 7.38. The standard InChI is InChI=1S/C12H13ClN2O4/c1-2-5-19-12(18)15-9(7-11(16)17)8-3-4-14-10(13)6-8/h2-4,6,9H,1,5,7H2,(H,15,18)(H,16,17)/t9-/m0/s1. The largest absolute Gasteiger partial charge is 0.481 e. The summed E-state index contributed by atoms with van der Waals surface area (Å²) >= 11 is 5.73. The molecule has 0 aromatic carbocycles. The maximum atomic E-state index is 11.4. The van der Waals surface area contributed by atoms with Gasteiger partial charge in [0.2, 0.25) is 0 Å². The summed E-state index contributed by atoms with van der Waals surface area (Å²) in [6, 6.07) is 2.33. The second-order valence-electron chi connectivity index (χ2n) is 3.59. The summed E-state index contributed by atoms with van der Waals surface area (Å²) in [5, 5.41) is 11.5. The summed E-state index contributed by atoms with van der Waals surface area (Å²) in [4.78, 5) is 26.0. The zero-order valence-corrected chi connectivity index (χ0v) is 10.8. The van der Waals surface area contributed by atoms with E-state index in [1.165, 1.54) is 18.3 Å². The van der Waals surface area contributed by atoms with Crippen molar-refractivity contribution < 1.29 is 19.4 Å². The second-order valence-corrected chi connectivity index (χ2v) is 3.98. The monoisotopic (exact) mass is 284 g/mol. The van der Waals surface area contributed by atoms with E-state index in [0.29, 0.717) is 5.56 Å². The Balaban J connectivity index is 2.79. The normalized spacial score (nSPS) is 11.4. The van der Waals surface area contributed by atoms with Crippen molar-refractivity contribution in [2.24, 2.45) is 0 Å². The molecule has 1 atom stereocenters. The summed E-state index contributed by atoms with van der Waals surface area (Å²) in [7, 11) is 0. The fraction of sp³-hybridized carbons (Fsp3) is 0.250. The van der Waals surface area contributed by atoms with E-state index < -0.39 is 18.1 Å². The lowest BCUT2D eigenvalue weighted by Gasteiger charge is -2.17. The molecule has 1 amide bonds. The number of carbonyl (C=O) groups is 2. The Morgan fingerprint density at radius 1 is 1.63 bits per heavy atom. The molecule has 102 valence electrons. The Hall–Kier alpha value is -2.08. The first kappa shape index (κ1) is 15.0. The molecule has 1 aromatic rings. The van der Waals surface area contributed by atoms with E-state index in [0.717, 1.165) is 0 Å². The number of carboxylic acid groups (broad SMARTS) is 1. The van der Waals surface area contributed by atoms with Gasteiger partial charge in [-0.25, -0.2) is 9.78 Å². The van der Waals surface area contributed by atoms with Crippen LogP contribution >= 0.6 is 11.6 Å². The van der Waals surface area contributed by atoms with Gasteiger partial charge >= 0.3 is 12.1 Å². The Kier molecular flexibility index (Phi) is 5.81. The molecule has 0 aliphatic heterocycles. The summed E-state index contributed by atoms with van der Waals surface area (Å²) < 4.78 is 4.75. The Bertz CT molecular complexity index is 479. The van der Waals surface area contributed by atoms with Gasteiger partial charge in [-0.2, -0.15) is 0 Å². The van der Waals surface area contributed by atoms with Crippen LogP contribution in [0.15, 0.2) is 31.0 Å². The topological polar surface area (TPSA) is 88.5 Å². The van der Waals surface area contributed by atoms with E-state index in [1.807, 2.05) is 0 Å². The first-order chi connectivity index (χ1) is 9.02. The van der Waals surface area contributed by atoms with E-state index in [1.54, 1.807) is 6.07 Å². The van der Waals surface area contributed by atoms with E-state index in [2.05, 4.69) is 16.9 Å². The molecule has 0 unspecified atom stereocenters. The molecule has 0 spiro atoms. The number of nitrogens with one attached hydrogen (secondary N) is 1. The molecule has 6 nitrogen and oxygen atoms in total. The molecule has 0 saturated heterocycles. The maximum absolute atomic E-state index is 11.4. The minimum atomic E-state index is -1.05. The van der Waals surface area contributed by atoms with E-state index >= 15 is 0 Å². The fourth-order valence-electron chi connectivity index (χ4n) is 1.38. The maximum Gasteiger partial charge on any atom is 0.407 e. The highest BCUT2D eigenvalue weighted by Crippen LogP contribution is 2.19. The number of hydrogen-bond donors (Lipinski definition) is 2. The molecule has 0 aliphatic carbocycles. The van der Waals surface area contributed by atoms with Crippen LogP contribution in [-0.4, -0.2) is 28.8 Å². The minimum absolute atomic E-state index is 0.0444. The number of nitrogens with zero attached hydrogens (tertiary/aromatic N) is 1. The average Bonchev–Trinajstić information content (AvgIpc) is 2.35. The van der Waals surface area contributed by atoms with Crippen molar-refractivity contribution in [3.63, 3.8) is 0 Å². The van der Waals surface area contributed by atoms with Gasteiger partial charge in [-0.3, -0.25) is 4.79 Å². The van der Waals surface area contributed by atoms with Crippen LogP contribution in [0.2, 0.25) is 5.15 Å². The van der Waals surface area contributed by atoms with Crippen LogP contribution in [-0.2, 0) is 9.53 Å². The van der Waals surface area contributed by atoms with Crippen LogP contribution in [0.5, 0.6) is 0 Å². The number of alkyl carbamates (subject to hydrolysis) is 1. The number of aromatic nitrogens is 1. The fourth-order valence-corrected chi connectivity index (χ4v) is 1.56. The van der Waals surface area contributed by atoms with Crippen molar-refractivity contribution in [2.45, 2.75) is 12.5 Å². The summed E-state index contributed by atoms with van der Waals surface area (Å²) in [6.45, 7) is 3.45. The first-order valence-corrected chi connectivity index (χ1v) is 5.78. The summed E-state index contributed by atoms with van der Waals surface area (Å²) in [5.74, 6) is -1.05. The van der Waals surface area contributed by atoms with Gasteiger partial charge in [0.1, 0.15) is 11.8 Å². The summed E-state index contributed by atoms with van der Waals surface area (Å²) in [6.07, 6.45) is 1.83. The lowest BCUT2D eigenvalue weighted by Crippen LogP contribution is -2.30. The van der Waals surface area contributed by atoms with Gasteiger partial charge in [0.25, 0.3) is 0 Å². The highest BCUT2D eigenvalue weighted by Gasteiger charge is 2.19. The number of halogens is 1.